The minimum atomic E-state index is -1.15. The molecule has 4 N–H and O–H groups in total. The van der Waals surface area contributed by atoms with E-state index in [1.54, 1.807) is 0 Å². The number of benzene rings is 1. The summed E-state index contributed by atoms with van der Waals surface area (Å²) in [6.07, 6.45) is 6.88. The summed E-state index contributed by atoms with van der Waals surface area (Å²) in [7, 11) is 0. The van der Waals surface area contributed by atoms with Crippen LogP contribution in [-0.2, 0) is 19.1 Å². The van der Waals surface area contributed by atoms with Gasteiger partial charge in [0.05, 0.1) is 0 Å². The molecule has 4 rings (SSSR count). The van der Waals surface area contributed by atoms with Gasteiger partial charge in [0.25, 0.3) is 11.8 Å². The lowest BCUT2D eigenvalue weighted by Crippen LogP contribution is -2.55. The second-order valence-electron chi connectivity index (χ2n) is 9.41. The molecule has 35 heavy (non-hydrogen) atoms. The van der Waals surface area contributed by atoms with Gasteiger partial charge in [-0.2, -0.15) is 0 Å². The number of nitrogens with one attached hydrogen (secondary N) is 2. The summed E-state index contributed by atoms with van der Waals surface area (Å²) >= 11 is 0. The maximum atomic E-state index is 13.4. The maximum Gasteiger partial charge on any atom is 0.405 e. The number of nitrogens with zero attached hydrogens (tertiary/aromatic N) is 1. The molecule has 1 saturated heterocycles. The number of hydrogen-bond donors (Lipinski definition) is 3. The molecule has 4 unspecified atom stereocenters. The van der Waals surface area contributed by atoms with Crippen molar-refractivity contribution in [1.82, 2.24) is 10.2 Å². The second kappa shape index (κ2) is 10.5. The Morgan fingerprint density at radius 1 is 1.11 bits per heavy atom. The first-order valence-corrected chi connectivity index (χ1v) is 12.1. The highest BCUT2D eigenvalue weighted by Crippen LogP contribution is 2.46. The molecular weight excluding hydrogens is 455 g/mol. The Hall–Kier alpha value is -3.43. The second-order valence-corrected chi connectivity index (χ2v) is 9.41. The fourth-order valence-electron chi connectivity index (χ4n) is 4.95. The van der Waals surface area contributed by atoms with Crippen LogP contribution < -0.4 is 16.4 Å². The van der Waals surface area contributed by atoms with E-state index >= 15 is 0 Å². The number of ether oxygens (including phenoxy) is 1. The molecule has 188 valence electrons. The van der Waals surface area contributed by atoms with Crippen LogP contribution in [0.3, 0.4) is 0 Å². The van der Waals surface area contributed by atoms with Gasteiger partial charge in [-0.15, -0.1) is 0 Å². The summed E-state index contributed by atoms with van der Waals surface area (Å²) in [5.41, 5.74) is 4.47. The Morgan fingerprint density at radius 3 is 2.63 bits per heavy atom. The van der Waals surface area contributed by atoms with E-state index in [4.69, 9.17) is 10.5 Å². The van der Waals surface area contributed by atoms with E-state index in [1.165, 1.54) is 29.2 Å². The van der Waals surface area contributed by atoms with E-state index in [0.717, 1.165) is 19.3 Å². The molecule has 2 heterocycles. The third-order valence-electron chi connectivity index (χ3n) is 6.95. The van der Waals surface area contributed by atoms with Crippen molar-refractivity contribution >= 4 is 29.5 Å². The Kier molecular flexibility index (Phi) is 7.37. The standard InChI is InChI=1S/C25H31FN4O5/c26-17-10-12-18(13-11-17)28-23(33)25-15-16(25)7-4-2-1-3-5-9-20(35-24(27)34)22(32)30-14-6-8-19(30)21(31)29-25/h4,7,10-13,16,19-20H,1-3,5-6,8-9,14-15H2,(H2,27,34)(H,28,33)(H,29,31)/b7-4+. The maximum absolute atomic E-state index is 13.4. The highest BCUT2D eigenvalue weighted by molar-refractivity contribution is 6.04. The largest absolute Gasteiger partial charge is 0.436 e. The minimum absolute atomic E-state index is 0.187. The molecule has 4 atom stereocenters. The highest BCUT2D eigenvalue weighted by atomic mass is 19.1. The van der Waals surface area contributed by atoms with E-state index in [-0.39, 0.29) is 11.8 Å². The van der Waals surface area contributed by atoms with Crippen molar-refractivity contribution in [2.24, 2.45) is 11.7 Å². The van der Waals surface area contributed by atoms with Crippen LogP contribution in [0.2, 0.25) is 0 Å². The normalized spacial score (nSPS) is 30.1. The van der Waals surface area contributed by atoms with Crippen molar-refractivity contribution < 1.29 is 28.3 Å². The van der Waals surface area contributed by atoms with Crippen molar-refractivity contribution in [2.75, 3.05) is 11.9 Å². The number of allylic oxidation sites excluding steroid dienone is 1. The van der Waals surface area contributed by atoms with Gasteiger partial charge in [0.15, 0.2) is 6.10 Å². The molecule has 1 saturated carbocycles. The van der Waals surface area contributed by atoms with E-state index in [0.29, 0.717) is 44.3 Å². The first kappa shape index (κ1) is 24.7. The fraction of sp³-hybridized carbons (Fsp3) is 0.520. The molecule has 4 amide bonds. The topological polar surface area (TPSA) is 131 Å². The lowest BCUT2D eigenvalue weighted by atomic mass is 10.1. The number of halogens is 1. The van der Waals surface area contributed by atoms with Crippen LogP contribution >= 0.6 is 0 Å². The number of amides is 4. The Labute approximate surface area is 203 Å². The van der Waals surface area contributed by atoms with Crippen LogP contribution in [0.4, 0.5) is 14.9 Å². The molecule has 1 aliphatic carbocycles. The fourth-order valence-corrected chi connectivity index (χ4v) is 4.95. The van der Waals surface area contributed by atoms with Gasteiger partial charge in [-0.1, -0.05) is 18.6 Å². The monoisotopic (exact) mass is 486 g/mol. The molecule has 0 spiro atoms. The van der Waals surface area contributed by atoms with Crippen LogP contribution in [0.1, 0.15) is 51.4 Å². The molecule has 10 heteroatoms. The summed E-state index contributed by atoms with van der Waals surface area (Å²) in [5, 5.41) is 5.69. The molecule has 1 aromatic carbocycles. The number of nitrogens with two attached hydrogens (primary N) is 1. The van der Waals surface area contributed by atoms with Gasteiger partial charge in [-0.25, -0.2) is 9.18 Å². The van der Waals surface area contributed by atoms with Crippen LogP contribution in [0.25, 0.3) is 0 Å². The third kappa shape index (κ3) is 5.63. The van der Waals surface area contributed by atoms with Gasteiger partial charge in [0, 0.05) is 18.2 Å². The SMILES string of the molecule is NC(=O)OC1CCCCC/C=C/C2CC2(C(=O)Nc2ccc(F)cc2)NC(=O)C2CCCN2C1=O. The van der Waals surface area contributed by atoms with Crippen molar-refractivity contribution in [3.63, 3.8) is 0 Å². The van der Waals surface area contributed by atoms with Crippen LogP contribution in [-0.4, -0.2) is 52.9 Å². The number of anilines is 1. The van der Waals surface area contributed by atoms with Crippen LogP contribution in [0, 0.1) is 11.7 Å². The summed E-state index contributed by atoms with van der Waals surface area (Å²) in [4.78, 5) is 52.7. The molecule has 0 radical (unpaired) electrons. The van der Waals surface area contributed by atoms with Crippen LogP contribution in [0.15, 0.2) is 36.4 Å². The smallest absolute Gasteiger partial charge is 0.405 e. The summed E-state index contributed by atoms with van der Waals surface area (Å²) in [6, 6.07) is 4.65. The molecule has 3 aliphatic rings. The van der Waals surface area contributed by atoms with Gasteiger partial charge in [-0.3, -0.25) is 14.4 Å². The van der Waals surface area contributed by atoms with Crippen molar-refractivity contribution in [1.29, 1.82) is 0 Å². The Morgan fingerprint density at radius 2 is 1.89 bits per heavy atom. The van der Waals surface area contributed by atoms with Gasteiger partial charge >= 0.3 is 6.09 Å². The van der Waals surface area contributed by atoms with Gasteiger partial charge in [0.2, 0.25) is 5.91 Å². The summed E-state index contributed by atoms with van der Waals surface area (Å²) in [5.74, 6) is -1.85. The molecule has 1 aromatic rings. The predicted octanol–water partition coefficient (Wildman–Crippen LogP) is 2.61. The zero-order chi connectivity index (χ0) is 25.0. The zero-order valence-corrected chi connectivity index (χ0v) is 19.5. The number of primary amides is 1. The molecular formula is C25H31FN4O5. The van der Waals surface area contributed by atoms with E-state index in [9.17, 15) is 23.6 Å². The number of hydrogen-bond acceptors (Lipinski definition) is 5. The van der Waals surface area contributed by atoms with Gasteiger partial charge < -0.3 is 26.0 Å². The molecule has 9 nitrogen and oxygen atoms in total. The van der Waals surface area contributed by atoms with Crippen LogP contribution in [0.5, 0.6) is 0 Å². The lowest BCUT2D eigenvalue weighted by Gasteiger charge is -2.29. The molecule has 0 aromatic heterocycles. The van der Waals surface area contributed by atoms with Crippen molar-refractivity contribution in [3.05, 3.63) is 42.2 Å². The van der Waals surface area contributed by atoms with E-state index in [2.05, 4.69) is 10.6 Å². The molecule has 0 bridgehead atoms. The third-order valence-corrected chi connectivity index (χ3v) is 6.95. The average molecular weight is 487 g/mol. The Balaban J connectivity index is 1.56. The first-order chi connectivity index (χ1) is 16.8. The predicted molar refractivity (Wildman–Crippen MR) is 125 cm³/mol. The minimum Gasteiger partial charge on any atom is -0.436 e. The average Bonchev–Trinajstić information content (AvgIpc) is 3.28. The van der Waals surface area contributed by atoms with Crippen molar-refractivity contribution in [3.8, 4) is 0 Å². The van der Waals surface area contributed by atoms with E-state index < -0.39 is 41.4 Å². The number of rotatable bonds is 3. The zero-order valence-electron chi connectivity index (χ0n) is 19.5. The lowest BCUT2D eigenvalue weighted by molar-refractivity contribution is -0.146. The number of fused-ring (bicyclic) bond motifs is 2. The van der Waals surface area contributed by atoms with E-state index in [1.807, 2.05) is 12.2 Å². The Bertz CT molecular complexity index is 1010. The van der Waals surface area contributed by atoms with Crippen molar-refractivity contribution in [2.45, 2.75) is 69.1 Å². The first-order valence-electron chi connectivity index (χ1n) is 12.1. The highest BCUT2D eigenvalue weighted by Gasteiger charge is 2.60. The summed E-state index contributed by atoms with van der Waals surface area (Å²) < 4.78 is 18.4. The molecule has 2 fully saturated rings. The van der Waals surface area contributed by atoms with Gasteiger partial charge in [0.1, 0.15) is 17.4 Å². The quantitative estimate of drug-likeness (QED) is 0.566. The summed E-state index contributed by atoms with van der Waals surface area (Å²) in [6.45, 7) is 0.355. The number of carbonyl (C=O) groups is 4. The number of carbonyl (C=O) groups excluding carboxylic acids is 4. The molecule has 2 aliphatic heterocycles. The van der Waals surface area contributed by atoms with Gasteiger partial charge in [-0.05, 0) is 69.2 Å².